The molecule has 2 rings (SSSR count). The first-order valence-corrected chi connectivity index (χ1v) is 2.57. The molecule has 52 valence electrons. The van der Waals surface area contributed by atoms with Crippen molar-refractivity contribution in [2.45, 2.75) is 0 Å². The Bertz CT molecular complexity index is 284. The van der Waals surface area contributed by atoms with E-state index in [2.05, 4.69) is 15.3 Å². The molecule has 0 amide bonds. The van der Waals surface area contributed by atoms with E-state index in [9.17, 15) is 0 Å². The lowest BCUT2D eigenvalue weighted by molar-refractivity contribution is 0.849. The molecule has 0 fully saturated rings. The molecule has 2 aromatic heterocycles. The third-order valence-electron chi connectivity index (χ3n) is 1.10. The van der Waals surface area contributed by atoms with E-state index < -0.39 is 0 Å². The number of hydrogen-bond acceptors (Lipinski definition) is 4. The van der Waals surface area contributed by atoms with Crippen molar-refractivity contribution in [3.63, 3.8) is 0 Å². The zero-order valence-corrected chi connectivity index (χ0v) is 5.31. The second-order valence-electron chi connectivity index (χ2n) is 1.68. The van der Waals surface area contributed by atoms with E-state index in [4.69, 9.17) is 0 Å². The van der Waals surface area contributed by atoms with Gasteiger partial charge in [0, 0.05) is 12.4 Å². The Kier molecular flexibility index (Phi) is 1.59. The van der Waals surface area contributed by atoms with Crippen LogP contribution in [0.2, 0.25) is 0 Å². The molecule has 0 radical (unpaired) electrons. The smallest absolute Gasteiger partial charge is 0.105 e. The molecule has 0 aliphatic rings. The molecule has 5 nitrogen and oxygen atoms in total. The van der Waals surface area contributed by atoms with Crippen LogP contribution in [0.1, 0.15) is 0 Å². The summed E-state index contributed by atoms with van der Waals surface area (Å²) in [5.41, 5.74) is 0.914. The van der Waals surface area contributed by atoms with Crippen LogP contribution in [-0.2, 0) is 0 Å². The molecule has 0 aliphatic heterocycles. The molecule has 0 aromatic carbocycles. The topological polar surface area (TPSA) is 78.1 Å². The Labute approximate surface area is 57.3 Å². The Hall–Kier alpha value is -1.49. The summed E-state index contributed by atoms with van der Waals surface area (Å²) in [6, 6.07) is 0. The van der Waals surface area contributed by atoms with Gasteiger partial charge in [-0.3, -0.25) is 4.98 Å². The highest BCUT2D eigenvalue weighted by Crippen LogP contribution is 1.92. The van der Waals surface area contributed by atoms with Gasteiger partial charge in [-0.2, -0.15) is 0 Å². The van der Waals surface area contributed by atoms with Crippen molar-refractivity contribution in [3.05, 3.63) is 24.8 Å². The number of hydrogen-bond donors (Lipinski definition) is 1. The standard InChI is InChI=1S/C5H4N4.H3N/c1-2-9-5(3-6-1)4-7-8-9;/h1-4H;1H3. The summed E-state index contributed by atoms with van der Waals surface area (Å²) in [6.07, 6.45) is 6.79. The van der Waals surface area contributed by atoms with E-state index in [1.54, 1.807) is 29.3 Å². The van der Waals surface area contributed by atoms with Crippen molar-refractivity contribution in [1.29, 1.82) is 0 Å². The summed E-state index contributed by atoms with van der Waals surface area (Å²) >= 11 is 0. The summed E-state index contributed by atoms with van der Waals surface area (Å²) in [7, 11) is 0. The van der Waals surface area contributed by atoms with Crippen LogP contribution >= 0.6 is 0 Å². The normalized spacial score (nSPS) is 9.20. The van der Waals surface area contributed by atoms with Gasteiger partial charge < -0.3 is 6.15 Å². The minimum Gasteiger partial charge on any atom is -0.344 e. The molecule has 2 aromatic rings. The summed E-state index contributed by atoms with van der Waals surface area (Å²) in [5, 5.41) is 7.42. The van der Waals surface area contributed by atoms with Crippen LogP contribution in [-0.4, -0.2) is 19.8 Å². The van der Waals surface area contributed by atoms with Gasteiger partial charge >= 0.3 is 0 Å². The first kappa shape index (κ1) is 6.63. The van der Waals surface area contributed by atoms with Crippen LogP contribution in [0.25, 0.3) is 5.52 Å². The van der Waals surface area contributed by atoms with Crippen molar-refractivity contribution in [3.8, 4) is 0 Å². The average molecular weight is 137 g/mol. The van der Waals surface area contributed by atoms with Gasteiger partial charge in [-0.1, -0.05) is 5.21 Å². The van der Waals surface area contributed by atoms with Gasteiger partial charge in [0.25, 0.3) is 0 Å². The van der Waals surface area contributed by atoms with Crippen LogP contribution in [0.5, 0.6) is 0 Å². The number of rotatable bonds is 0. The molecule has 0 saturated carbocycles. The quantitative estimate of drug-likeness (QED) is 0.565. The van der Waals surface area contributed by atoms with Crippen molar-refractivity contribution in [2.75, 3.05) is 0 Å². The van der Waals surface area contributed by atoms with E-state index in [1.165, 1.54) is 0 Å². The van der Waals surface area contributed by atoms with Crippen molar-refractivity contribution in [1.82, 2.24) is 26.0 Å². The minimum absolute atomic E-state index is 0. The van der Waals surface area contributed by atoms with Crippen LogP contribution in [0.15, 0.2) is 24.8 Å². The second kappa shape index (κ2) is 2.40. The van der Waals surface area contributed by atoms with E-state index in [-0.39, 0.29) is 6.15 Å². The molecule has 0 saturated heterocycles. The van der Waals surface area contributed by atoms with Crippen molar-refractivity contribution >= 4 is 5.52 Å². The maximum absolute atomic E-state index is 3.88. The summed E-state index contributed by atoms with van der Waals surface area (Å²) in [5.74, 6) is 0. The van der Waals surface area contributed by atoms with E-state index in [0.29, 0.717) is 0 Å². The Morgan fingerprint density at radius 3 is 3.00 bits per heavy atom. The van der Waals surface area contributed by atoms with Crippen molar-refractivity contribution < 1.29 is 0 Å². The Balaban J connectivity index is 0.000000500. The monoisotopic (exact) mass is 137 g/mol. The maximum Gasteiger partial charge on any atom is 0.105 e. The van der Waals surface area contributed by atoms with Gasteiger partial charge in [-0.15, -0.1) is 5.10 Å². The third kappa shape index (κ3) is 0.822. The molecule has 0 spiro atoms. The fourth-order valence-corrected chi connectivity index (χ4v) is 0.681. The summed E-state index contributed by atoms with van der Waals surface area (Å²) in [6.45, 7) is 0. The Morgan fingerprint density at radius 1 is 1.30 bits per heavy atom. The van der Waals surface area contributed by atoms with Gasteiger partial charge in [0.05, 0.1) is 12.4 Å². The van der Waals surface area contributed by atoms with Gasteiger partial charge in [0.2, 0.25) is 0 Å². The lowest BCUT2D eigenvalue weighted by Gasteiger charge is -1.83. The van der Waals surface area contributed by atoms with Gasteiger partial charge in [-0.05, 0) is 0 Å². The first-order chi connectivity index (χ1) is 4.47. The van der Waals surface area contributed by atoms with E-state index >= 15 is 0 Å². The number of aromatic nitrogens is 4. The highest BCUT2D eigenvalue weighted by atomic mass is 15.4. The summed E-state index contributed by atoms with van der Waals surface area (Å²) < 4.78 is 1.66. The highest BCUT2D eigenvalue weighted by molar-refractivity contribution is 5.38. The third-order valence-corrected chi connectivity index (χ3v) is 1.10. The maximum atomic E-state index is 3.88. The Morgan fingerprint density at radius 2 is 2.20 bits per heavy atom. The predicted octanol–water partition coefficient (Wildman–Crippen LogP) is 0.286. The molecular weight excluding hydrogens is 130 g/mol. The molecular formula is C5H7N5. The SMILES string of the molecule is N.c1cn2nncc2cn1. The van der Waals surface area contributed by atoms with Crippen LogP contribution in [0.4, 0.5) is 0 Å². The van der Waals surface area contributed by atoms with Crippen LogP contribution in [0.3, 0.4) is 0 Å². The molecule has 0 atom stereocenters. The minimum atomic E-state index is 0. The first-order valence-electron chi connectivity index (χ1n) is 2.57. The molecule has 3 N–H and O–H groups in total. The zero-order chi connectivity index (χ0) is 6.10. The molecule has 2 heterocycles. The molecule has 5 heteroatoms. The second-order valence-corrected chi connectivity index (χ2v) is 1.68. The largest absolute Gasteiger partial charge is 0.344 e. The zero-order valence-electron chi connectivity index (χ0n) is 5.31. The lowest BCUT2D eigenvalue weighted by atomic mass is 10.6. The van der Waals surface area contributed by atoms with Crippen LogP contribution < -0.4 is 6.15 Å². The van der Waals surface area contributed by atoms with Gasteiger partial charge in [-0.25, -0.2) is 4.52 Å². The molecule has 0 unspecified atom stereocenters. The van der Waals surface area contributed by atoms with Crippen LogP contribution in [0, 0.1) is 0 Å². The lowest BCUT2D eigenvalue weighted by Crippen LogP contribution is -1.85. The molecule has 0 aliphatic carbocycles. The fourth-order valence-electron chi connectivity index (χ4n) is 0.681. The summed E-state index contributed by atoms with van der Waals surface area (Å²) in [4.78, 5) is 3.88. The number of nitrogens with zero attached hydrogens (tertiary/aromatic N) is 4. The molecule has 0 bridgehead atoms. The van der Waals surface area contributed by atoms with Gasteiger partial charge in [0.1, 0.15) is 5.52 Å². The van der Waals surface area contributed by atoms with E-state index in [0.717, 1.165) is 5.52 Å². The molecule has 10 heavy (non-hydrogen) atoms. The predicted molar refractivity (Wildman–Crippen MR) is 35.8 cm³/mol. The number of fused-ring (bicyclic) bond motifs is 1. The highest BCUT2D eigenvalue weighted by Gasteiger charge is 1.88. The average Bonchev–Trinajstić information content (AvgIpc) is 2.33. The van der Waals surface area contributed by atoms with Crippen molar-refractivity contribution in [2.24, 2.45) is 0 Å². The fraction of sp³-hybridized carbons (Fsp3) is 0. The van der Waals surface area contributed by atoms with E-state index in [1.807, 2.05) is 0 Å². The van der Waals surface area contributed by atoms with Gasteiger partial charge in [0.15, 0.2) is 0 Å².